The zero-order valence-corrected chi connectivity index (χ0v) is 23.3. The molecule has 4 rings (SSSR count). The molecule has 0 unspecified atom stereocenters. The Bertz CT molecular complexity index is 1410. The zero-order valence-electron chi connectivity index (χ0n) is 21.7. The summed E-state index contributed by atoms with van der Waals surface area (Å²) >= 11 is 0. The molecule has 1 atom stereocenters. The molecule has 3 heterocycles. The first-order valence-corrected chi connectivity index (χ1v) is 13.9. The second kappa shape index (κ2) is 12.8. The van der Waals surface area contributed by atoms with Crippen molar-refractivity contribution in [3.63, 3.8) is 0 Å². The lowest BCUT2D eigenvalue weighted by atomic mass is 9.94. The summed E-state index contributed by atoms with van der Waals surface area (Å²) in [6.45, 7) is 5.96. The van der Waals surface area contributed by atoms with E-state index in [0.29, 0.717) is 18.3 Å². The van der Waals surface area contributed by atoms with Gasteiger partial charge in [0.25, 0.3) is 15.9 Å². The van der Waals surface area contributed by atoms with Crippen LogP contribution in [0.5, 0.6) is 0 Å². The molecule has 39 heavy (non-hydrogen) atoms. The average molecular weight is 580 g/mol. The van der Waals surface area contributed by atoms with Gasteiger partial charge in [0, 0.05) is 24.1 Å². The molecule has 0 bridgehead atoms. The number of carbonyl (C=O) groups is 1. The Morgan fingerprint density at radius 1 is 1.08 bits per heavy atom. The van der Waals surface area contributed by atoms with E-state index in [1.165, 1.54) is 12.1 Å². The number of carbonyl (C=O) groups excluding carboxylic acids is 1. The van der Waals surface area contributed by atoms with Crippen molar-refractivity contribution in [2.45, 2.75) is 50.1 Å². The Morgan fingerprint density at radius 2 is 1.82 bits per heavy atom. The van der Waals surface area contributed by atoms with Gasteiger partial charge in [-0.15, -0.1) is 12.4 Å². The fourth-order valence-corrected chi connectivity index (χ4v) is 5.54. The van der Waals surface area contributed by atoms with Crippen molar-refractivity contribution in [3.05, 3.63) is 83.2 Å². The summed E-state index contributed by atoms with van der Waals surface area (Å²) in [4.78, 5) is 20.0. The number of nitrogens with one attached hydrogen (secondary N) is 3. The third kappa shape index (κ3) is 8.17. The maximum atomic E-state index is 14.4. The maximum Gasteiger partial charge on any atom is 0.281 e. The molecule has 1 aliphatic rings. The van der Waals surface area contributed by atoms with Crippen molar-refractivity contribution in [3.8, 4) is 0 Å². The van der Waals surface area contributed by atoms with E-state index in [2.05, 4.69) is 34.4 Å². The predicted molar refractivity (Wildman–Crippen MR) is 147 cm³/mol. The summed E-state index contributed by atoms with van der Waals surface area (Å²) in [5.74, 6) is -2.81. The normalized spacial score (nSPS) is 16.4. The molecule has 2 aromatic heterocycles. The molecule has 0 spiro atoms. The number of benzene rings is 1. The fourth-order valence-electron chi connectivity index (χ4n) is 4.60. The number of amides is 1. The van der Waals surface area contributed by atoms with Crippen molar-refractivity contribution in [2.75, 3.05) is 18.4 Å². The highest BCUT2D eigenvalue weighted by atomic mass is 35.5. The SMILES string of the molecule is CC1(C)C[C@H](CCCNc2cccc(S(=O)(=O)NC(=O)c3cc(Cc4ccccc4)c(F)nc3F)n2)CN1.Cl. The molecule has 12 heteroatoms. The average Bonchev–Trinajstić information content (AvgIpc) is 3.22. The number of pyridine rings is 2. The molecule has 1 aliphatic heterocycles. The van der Waals surface area contributed by atoms with Crippen LogP contribution in [0, 0.1) is 17.8 Å². The van der Waals surface area contributed by atoms with E-state index in [0.717, 1.165) is 37.4 Å². The van der Waals surface area contributed by atoms with Gasteiger partial charge in [0.05, 0.1) is 5.56 Å². The van der Waals surface area contributed by atoms with Crippen LogP contribution in [0.1, 0.15) is 54.6 Å². The van der Waals surface area contributed by atoms with Crippen LogP contribution in [-0.4, -0.2) is 42.9 Å². The third-order valence-electron chi connectivity index (χ3n) is 6.47. The van der Waals surface area contributed by atoms with Gasteiger partial charge in [-0.05, 0) is 69.3 Å². The van der Waals surface area contributed by atoms with Gasteiger partial charge in [-0.1, -0.05) is 36.4 Å². The monoisotopic (exact) mass is 579 g/mol. The Balaban J connectivity index is 0.00000420. The van der Waals surface area contributed by atoms with E-state index in [9.17, 15) is 22.0 Å². The zero-order chi connectivity index (χ0) is 27.3. The number of halogens is 3. The van der Waals surface area contributed by atoms with Crippen LogP contribution >= 0.6 is 12.4 Å². The number of rotatable bonds is 10. The van der Waals surface area contributed by atoms with Crippen LogP contribution in [0.15, 0.2) is 59.6 Å². The minimum Gasteiger partial charge on any atom is -0.370 e. The van der Waals surface area contributed by atoms with Crippen LogP contribution in [0.4, 0.5) is 14.6 Å². The molecular weight excluding hydrogens is 548 g/mol. The van der Waals surface area contributed by atoms with Crippen LogP contribution < -0.4 is 15.4 Å². The van der Waals surface area contributed by atoms with E-state index >= 15 is 0 Å². The Hall–Kier alpha value is -3.15. The van der Waals surface area contributed by atoms with Crippen LogP contribution in [0.25, 0.3) is 0 Å². The lowest BCUT2D eigenvalue weighted by Gasteiger charge is -2.17. The highest BCUT2D eigenvalue weighted by molar-refractivity contribution is 7.90. The molecule has 1 fully saturated rings. The summed E-state index contributed by atoms with van der Waals surface area (Å²) in [7, 11) is -4.43. The van der Waals surface area contributed by atoms with Crippen molar-refractivity contribution >= 4 is 34.2 Å². The summed E-state index contributed by atoms with van der Waals surface area (Å²) in [5, 5.41) is 6.20. The van der Waals surface area contributed by atoms with E-state index in [4.69, 9.17) is 0 Å². The number of hydrogen-bond acceptors (Lipinski definition) is 7. The summed E-state index contributed by atoms with van der Waals surface area (Å²) in [5.41, 5.74) is 0.153. The van der Waals surface area contributed by atoms with E-state index in [1.54, 1.807) is 36.4 Å². The first kappa shape index (κ1) is 30.4. The van der Waals surface area contributed by atoms with E-state index < -0.39 is 38.4 Å². The first-order chi connectivity index (χ1) is 18.0. The molecule has 3 aromatic rings. The quantitative estimate of drug-likeness (QED) is 0.240. The molecule has 8 nitrogen and oxygen atoms in total. The van der Waals surface area contributed by atoms with Gasteiger partial charge in [0.1, 0.15) is 5.82 Å². The first-order valence-electron chi connectivity index (χ1n) is 12.4. The maximum absolute atomic E-state index is 14.4. The summed E-state index contributed by atoms with van der Waals surface area (Å²) < 4.78 is 56.1. The van der Waals surface area contributed by atoms with E-state index in [1.807, 2.05) is 4.72 Å². The molecule has 1 saturated heterocycles. The lowest BCUT2D eigenvalue weighted by molar-refractivity contribution is 0.0976. The smallest absolute Gasteiger partial charge is 0.281 e. The third-order valence-corrected chi connectivity index (χ3v) is 7.71. The minimum absolute atomic E-state index is 0. The fraction of sp³-hybridized carbons (Fsp3) is 0.370. The summed E-state index contributed by atoms with van der Waals surface area (Å²) in [6, 6.07) is 14.1. The van der Waals surface area contributed by atoms with Gasteiger partial charge in [0.15, 0.2) is 5.03 Å². The van der Waals surface area contributed by atoms with Gasteiger partial charge < -0.3 is 10.6 Å². The Labute approximate surface area is 233 Å². The Morgan fingerprint density at radius 3 is 2.51 bits per heavy atom. The number of anilines is 1. The van der Waals surface area contributed by atoms with Gasteiger partial charge in [0.2, 0.25) is 11.9 Å². The number of aromatic nitrogens is 2. The van der Waals surface area contributed by atoms with Gasteiger partial charge >= 0.3 is 0 Å². The number of hydrogen-bond donors (Lipinski definition) is 3. The van der Waals surface area contributed by atoms with Crippen LogP contribution in [0.2, 0.25) is 0 Å². The molecule has 0 saturated carbocycles. The summed E-state index contributed by atoms with van der Waals surface area (Å²) in [6.07, 6.45) is 3.08. The molecule has 210 valence electrons. The highest BCUT2D eigenvalue weighted by Crippen LogP contribution is 2.26. The lowest BCUT2D eigenvalue weighted by Crippen LogP contribution is -2.32. The molecule has 0 aliphatic carbocycles. The van der Waals surface area contributed by atoms with Crippen molar-refractivity contribution in [2.24, 2.45) is 5.92 Å². The van der Waals surface area contributed by atoms with Crippen LogP contribution in [-0.2, 0) is 16.4 Å². The van der Waals surface area contributed by atoms with Crippen molar-refractivity contribution < 1.29 is 22.0 Å². The number of sulfonamides is 1. The van der Waals surface area contributed by atoms with E-state index in [-0.39, 0.29) is 29.9 Å². The Kier molecular flexibility index (Phi) is 9.98. The van der Waals surface area contributed by atoms with Crippen LogP contribution in [0.3, 0.4) is 0 Å². The molecule has 3 N–H and O–H groups in total. The molecule has 1 aromatic carbocycles. The second-order valence-electron chi connectivity index (χ2n) is 10.1. The second-order valence-corrected chi connectivity index (χ2v) is 11.8. The van der Waals surface area contributed by atoms with Gasteiger partial charge in [-0.3, -0.25) is 4.79 Å². The minimum atomic E-state index is -4.43. The topological polar surface area (TPSA) is 113 Å². The van der Waals surface area contributed by atoms with Gasteiger partial charge in [-0.25, -0.2) is 9.71 Å². The molecule has 0 radical (unpaired) electrons. The number of nitrogens with zero attached hydrogens (tertiary/aromatic N) is 2. The highest BCUT2D eigenvalue weighted by Gasteiger charge is 2.29. The van der Waals surface area contributed by atoms with Crippen molar-refractivity contribution in [1.29, 1.82) is 0 Å². The van der Waals surface area contributed by atoms with Gasteiger partial charge in [-0.2, -0.15) is 22.2 Å². The molecular formula is C27H32ClF2N5O3S. The molecule has 1 amide bonds. The predicted octanol–water partition coefficient (Wildman–Crippen LogP) is 4.47. The largest absolute Gasteiger partial charge is 0.370 e. The van der Waals surface area contributed by atoms with Crippen molar-refractivity contribution in [1.82, 2.24) is 20.0 Å². The standard InChI is InChI=1S/C27H31F2N5O3S.ClH/c1-27(2)16-19(17-31-27)10-7-13-30-22-11-6-12-23(32-22)38(36,37)34-26(35)21-15-20(24(28)33-25(21)29)14-18-8-4-3-5-9-18;/h3-6,8-9,11-12,15,19,31H,7,10,13-14,16-17H2,1-2H3,(H,30,32)(H,34,35);1H/t19-;/m0./s1.